The van der Waals surface area contributed by atoms with Crippen LogP contribution in [0.4, 0.5) is 10.2 Å². The molecule has 0 saturated carbocycles. The number of nitrogens with one attached hydrogen (secondary N) is 1. The van der Waals surface area contributed by atoms with Crippen molar-refractivity contribution in [2.24, 2.45) is 5.92 Å². The van der Waals surface area contributed by atoms with Gasteiger partial charge >= 0.3 is 0 Å². The van der Waals surface area contributed by atoms with Gasteiger partial charge in [-0.1, -0.05) is 24.1 Å². The van der Waals surface area contributed by atoms with Gasteiger partial charge in [0.25, 0.3) is 0 Å². The molecule has 0 spiro atoms. The number of aromatic nitrogens is 1. The molecule has 3 N–H and O–H groups in total. The fourth-order valence-electron chi connectivity index (χ4n) is 3.33. The lowest BCUT2D eigenvalue weighted by atomic mass is 9.99. The highest BCUT2D eigenvalue weighted by molar-refractivity contribution is 6.31. The number of pyridine rings is 1. The molecule has 2 aromatic rings. The Bertz CT molecular complexity index is 915. The van der Waals surface area contributed by atoms with Crippen molar-refractivity contribution in [3.8, 4) is 5.75 Å². The van der Waals surface area contributed by atoms with Crippen LogP contribution in [-0.4, -0.2) is 24.4 Å². The quantitative estimate of drug-likeness (QED) is 0.366. The fourth-order valence-corrected chi connectivity index (χ4v) is 3.60. The van der Waals surface area contributed by atoms with Gasteiger partial charge in [0.1, 0.15) is 11.9 Å². The van der Waals surface area contributed by atoms with E-state index in [9.17, 15) is 4.39 Å². The second-order valence-corrected chi connectivity index (χ2v) is 7.93. The van der Waals surface area contributed by atoms with Gasteiger partial charge in [0.05, 0.1) is 13.2 Å². The Hall–Kier alpha value is -2.44. The number of benzene rings is 1. The monoisotopic (exact) mass is 431 g/mol. The second-order valence-electron chi connectivity index (χ2n) is 7.53. The van der Waals surface area contributed by atoms with E-state index >= 15 is 0 Å². The predicted octanol–water partition coefficient (Wildman–Crippen LogP) is 5.84. The molecule has 160 valence electrons. The molecular formula is C23H27ClFN3O2. The Kier molecular flexibility index (Phi) is 7.82. The topological polar surface area (TPSA) is 81.2 Å². The highest BCUT2D eigenvalue weighted by atomic mass is 35.5. The Morgan fingerprint density at radius 3 is 2.90 bits per heavy atom. The van der Waals surface area contributed by atoms with Crippen LogP contribution in [0.2, 0.25) is 5.02 Å². The van der Waals surface area contributed by atoms with Crippen LogP contribution in [0.3, 0.4) is 0 Å². The summed E-state index contributed by atoms with van der Waals surface area (Å²) in [5.41, 5.74) is 8.02. The number of ether oxygens (including phenoxy) is 2. The van der Waals surface area contributed by atoms with E-state index in [4.69, 9.17) is 32.2 Å². The van der Waals surface area contributed by atoms with Gasteiger partial charge in [0.15, 0.2) is 11.6 Å². The standard InChI is InChI=1S/C23H27ClFN3O2/c1-15(20-10-19(25)7-8-21(20)24)30-22-9-18(12-28-23(22)27)17(11-26)6-4-2-3-5-16-13-29-14-16/h6-12,15-16,26H,2-5,13-14H2,1H3,(H2,27,28)/b17-6+,26-11?. The van der Waals surface area contributed by atoms with Crippen molar-refractivity contribution in [2.45, 2.75) is 38.7 Å². The third-order valence-corrected chi connectivity index (χ3v) is 5.55. The molecule has 0 amide bonds. The van der Waals surface area contributed by atoms with Crippen molar-refractivity contribution in [3.05, 3.63) is 58.5 Å². The Morgan fingerprint density at radius 2 is 2.20 bits per heavy atom. The molecule has 1 aromatic heterocycles. The SMILES string of the molecule is CC(Oc1cc(/C(C=N)=C/CCCCC2COC2)cnc1N)c1cc(F)ccc1Cl. The van der Waals surface area contributed by atoms with Crippen LogP contribution in [0, 0.1) is 17.1 Å². The Labute approximate surface area is 181 Å². The van der Waals surface area contributed by atoms with Crippen LogP contribution in [0.5, 0.6) is 5.75 Å². The summed E-state index contributed by atoms with van der Waals surface area (Å²) in [7, 11) is 0. The van der Waals surface area contributed by atoms with E-state index in [1.807, 2.05) is 6.08 Å². The number of nitrogens with two attached hydrogens (primary N) is 1. The van der Waals surface area contributed by atoms with E-state index in [0.717, 1.165) is 43.6 Å². The average Bonchev–Trinajstić information content (AvgIpc) is 2.69. The zero-order valence-electron chi connectivity index (χ0n) is 17.0. The first-order valence-corrected chi connectivity index (χ1v) is 10.5. The van der Waals surface area contributed by atoms with E-state index in [1.165, 1.54) is 30.8 Å². The molecule has 7 heteroatoms. The average molecular weight is 432 g/mol. The van der Waals surface area contributed by atoms with Crippen molar-refractivity contribution >= 4 is 29.2 Å². The number of unbranched alkanes of at least 4 members (excludes halogenated alkanes) is 2. The lowest BCUT2D eigenvalue weighted by Crippen LogP contribution is -2.27. The summed E-state index contributed by atoms with van der Waals surface area (Å²) in [5.74, 6) is 0.928. The minimum Gasteiger partial charge on any atom is -0.482 e. The zero-order valence-corrected chi connectivity index (χ0v) is 17.8. The van der Waals surface area contributed by atoms with Crippen LogP contribution < -0.4 is 10.5 Å². The number of nitrogen functional groups attached to an aromatic ring is 1. The molecule has 0 radical (unpaired) electrons. The summed E-state index contributed by atoms with van der Waals surface area (Å²) in [6, 6.07) is 5.90. The van der Waals surface area contributed by atoms with Gasteiger partial charge in [-0.15, -0.1) is 0 Å². The van der Waals surface area contributed by atoms with Gasteiger partial charge in [-0.25, -0.2) is 9.37 Å². The van der Waals surface area contributed by atoms with E-state index in [2.05, 4.69) is 4.98 Å². The van der Waals surface area contributed by atoms with Crippen molar-refractivity contribution < 1.29 is 13.9 Å². The summed E-state index contributed by atoms with van der Waals surface area (Å²) in [4.78, 5) is 4.21. The van der Waals surface area contributed by atoms with Gasteiger partial charge in [-0.3, -0.25) is 0 Å². The minimum atomic E-state index is -0.518. The predicted molar refractivity (Wildman–Crippen MR) is 119 cm³/mol. The summed E-state index contributed by atoms with van der Waals surface area (Å²) in [6.07, 6.45) is 8.74. The highest BCUT2D eigenvalue weighted by Gasteiger charge is 2.17. The Balaban J connectivity index is 1.67. The van der Waals surface area contributed by atoms with Gasteiger partial charge in [0, 0.05) is 34.5 Å². The first-order chi connectivity index (χ1) is 14.5. The summed E-state index contributed by atoms with van der Waals surface area (Å²) >= 11 is 6.18. The third kappa shape index (κ3) is 5.80. The lowest BCUT2D eigenvalue weighted by molar-refractivity contribution is -0.0363. The van der Waals surface area contributed by atoms with E-state index in [-0.39, 0.29) is 11.6 Å². The molecule has 5 nitrogen and oxygen atoms in total. The van der Waals surface area contributed by atoms with Crippen molar-refractivity contribution in [1.29, 1.82) is 5.41 Å². The van der Waals surface area contributed by atoms with E-state index in [1.54, 1.807) is 19.2 Å². The lowest BCUT2D eigenvalue weighted by Gasteiger charge is -2.25. The molecule has 1 unspecified atom stereocenters. The van der Waals surface area contributed by atoms with Gasteiger partial charge in [0.2, 0.25) is 0 Å². The van der Waals surface area contributed by atoms with E-state index < -0.39 is 6.10 Å². The maximum absolute atomic E-state index is 13.6. The van der Waals surface area contributed by atoms with Gasteiger partial charge < -0.3 is 20.6 Å². The molecule has 30 heavy (non-hydrogen) atoms. The Morgan fingerprint density at radius 1 is 1.40 bits per heavy atom. The zero-order chi connectivity index (χ0) is 21.5. The van der Waals surface area contributed by atoms with Gasteiger partial charge in [-0.05, 0) is 56.0 Å². The third-order valence-electron chi connectivity index (χ3n) is 5.21. The molecule has 1 fully saturated rings. The van der Waals surface area contributed by atoms with Crippen molar-refractivity contribution in [2.75, 3.05) is 18.9 Å². The molecule has 1 aromatic carbocycles. The van der Waals surface area contributed by atoms with Crippen molar-refractivity contribution in [3.63, 3.8) is 0 Å². The normalized spacial score (nSPS) is 15.5. The number of anilines is 1. The molecule has 1 atom stereocenters. The molecule has 0 aliphatic carbocycles. The molecule has 3 rings (SSSR count). The molecule has 1 saturated heterocycles. The highest BCUT2D eigenvalue weighted by Crippen LogP contribution is 2.32. The van der Waals surface area contributed by atoms with Gasteiger partial charge in [-0.2, -0.15) is 0 Å². The fraction of sp³-hybridized carbons (Fsp3) is 0.391. The first kappa shape index (κ1) is 22.2. The van der Waals surface area contributed by atoms with Crippen LogP contribution in [0.15, 0.2) is 36.5 Å². The number of hydrogen-bond donors (Lipinski definition) is 2. The molecule has 1 aliphatic heterocycles. The molecule has 2 heterocycles. The number of hydrogen-bond acceptors (Lipinski definition) is 5. The second kappa shape index (κ2) is 10.5. The van der Waals surface area contributed by atoms with Crippen LogP contribution in [-0.2, 0) is 4.74 Å². The largest absolute Gasteiger partial charge is 0.482 e. The maximum atomic E-state index is 13.6. The number of halogens is 2. The maximum Gasteiger partial charge on any atom is 0.166 e. The van der Waals surface area contributed by atoms with Crippen LogP contribution >= 0.6 is 11.6 Å². The minimum absolute atomic E-state index is 0.227. The summed E-state index contributed by atoms with van der Waals surface area (Å²) in [5, 5.41) is 8.18. The first-order valence-electron chi connectivity index (χ1n) is 10.1. The molecular weight excluding hydrogens is 405 g/mol. The summed E-state index contributed by atoms with van der Waals surface area (Å²) in [6.45, 7) is 3.55. The van der Waals surface area contributed by atoms with Crippen molar-refractivity contribution in [1.82, 2.24) is 4.98 Å². The number of allylic oxidation sites excluding steroid dienone is 2. The molecule has 0 bridgehead atoms. The number of rotatable bonds is 10. The number of nitrogens with zero attached hydrogens (tertiary/aromatic N) is 1. The molecule has 1 aliphatic rings. The van der Waals surface area contributed by atoms with Crippen LogP contribution in [0.25, 0.3) is 5.57 Å². The van der Waals surface area contributed by atoms with E-state index in [0.29, 0.717) is 22.3 Å². The summed E-state index contributed by atoms with van der Waals surface area (Å²) < 4.78 is 24.7. The van der Waals surface area contributed by atoms with Crippen LogP contribution in [0.1, 0.15) is 49.8 Å². The smallest absolute Gasteiger partial charge is 0.166 e.